The number of hydrogen-bond donors (Lipinski definition) is 0. The van der Waals surface area contributed by atoms with E-state index in [-0.39, 0.29) is 11.4 Å². The van der Waals surface area contributed by atoms with Gasteiger partial charge in [-0.3, -0.25) is 5.01 Å². The van der Waals surface area contributed by atoms with E-state index in [0.717, 1.165) is 6.07 Å². The van der Waals surface area contributed by atoms with Gasteiger partial charge in [0.15, 0.2) is 0 Å². The molecule has 0 aliphatic carbocycles. The summed E-state index contributed by atoms with van der Waals surface area (Å²) in [6.07, 6.45) is 0. The molecular weight excluding hydrogens is 258 g/mol. The van der Waals surface area contributed by atoms with Crippen molar-refractivity contribution in [3.8, 4) is 5.75 Å². The van der Waals surface area contributed by atoms with Gasteiger partial charge >= 0.3 is 0 Å². The quantitative estimate of drug-likeness (QED) is 0.460. The first-order valence-corrected chi connectivity index (χ1v) is 6.56. The Morgan fingerprint density at radius 2 is 2.11 bits per heavy atom. The summed E-state index contributed by atoms with van der Waals surface area (Å²) in [5.74, 6) is 0.271. The molecule has 0 spiro atoms. The van der Waals surface area contributed by atoms with Crippen molar-refractivity contribution < 1.29 is 17.7 Å². The molecule has 0 heterocycles. The summed E-state index contributed by atoms with van der Waals surface area (Å²) in [5.41, 5.74) is -0.00824. The zero-order valence-electron chi connectivity index (χ0n) is 10.3. The standard InChI is InChI=1S/C10H15N3O4S/c1-4-13(2)12-11-9-6-5-8(17-3)7-10(9)18(14,15)16/h5-7H,4H2,1-3H3,(H,14,15,16)/p-1. The van der Waals surface area contributed by atoms with Crippen molar-refractivity contribution in [2.24, 2.45) is 10.3 Å². The van der Waals surface area contributed by atoms with Gasteiger partial charge in [-0.05, 0) is 25.1 Å². The second-order valence-corrected chi connectivity index (χ2v) is 4.80. The number of benzene rings is 1. The highest BCUT2D eigenvalue weighted by atomic mass is 32.2. The van der Waals surface area contributed by atoms with Crippen LogP contribution in [0.2, 0.25) is 0 Å². The van der Waals surface area contributed by atoms with E-state index in [1.165, 1.54) is 24.3 Å². The third kappa shape index (κ3) is 3.67. The molecule has 0 aliphatic heterocycles. The van der Waals surface area contributed by atoms with Gasteiger partial charge in [0.2, 0.25) is 0 Å². The molecule has 0 unspecified atom stereocenters. The van der Waals surface area contributed by atoms with Crippen molar-refractivity contribution in [3.05, 3.63) is 18.2 Å². The zero-order chi connectivity index (χ0) is 13.8. The second-order valence-electron chi connectivity index (χ2n) is 3.45. The van der Waals surface area contributed by atoms with Crippen LogP contribution in [0.1, 0.15) is 6.92 Å². The van der Waals surface area contributed by atoms with E-state index in [1.807, 2.05) is 6.92 Å². The van der Waals surface area contributed by atoms with Crippen LogP contribution >= 0.6 is 0 Å². The Labute approximate surface area is 106 Å². The van der Waals surface area contributed by atoms with Crippen LogP contribution in [0.3, 0.4) is 0 Å². The first kappa shape index (κ1) is 14.4. The fourth-order valence-electron chi connectivity index (χ4n) is 1.09. The number of methoxy groups -OCH3 is 1. The Hall–Kier alpha value is -1.67. The van der Waals surface area contributed by atoms with Gasteiger partial charge in [0, 0.05) is 13.6 Å². The zero-order valence-corrected chi connectivity index (χ0v) is 11.1. The first-order valence-electron chi connectivity index (χ1n) is 5.15. The molecule has 0 saturated carbocycles. The molecule has 0 saturated heterocycles. The van der Waals surface area contributed by atoms with Crippen LogP contribution < -0.4 is 4.74 Å². The van der Waals surface area contributed by atoms with Crippen molar-refractivity contribution in [1.82, 2.24) is 5.01 Å². The van der Waals surface area contributed by atoms with Gasteiger partial charge in [-0.1, -0.05) is 5.22 Å². The largest absolute Gasteiger partial charge is 0.744 e. The van der Waals surface area contributed by atoms with E-state index in [4.69, 9.17) is 4.74 Å². The molecule has 0 atom stereocenters. The van der Waals surface area contributed by atoms with E-state index in [2.05, 4.69) is 10.3 Å². The molecular formula is C10H14N3O4S-. The second kappa shape index (κ2) is 5.78. The van der Waals surface area contributed by atoms with Crippen LogP contribution in [0.4, 0.5) is 5.69 Å². The van der Waals surface area contributed by atoms with Crippen LogP contribution in [0.15, 0.2) is 33.4 Å². The molecule has 1 aromatic rings. The Morgan fingerprint density at radius 1 is 1.44 bits per heavy atom. The maximum absolute atomic E-state index is 11.1. The van der Waals surface area contributed by atoms with E-state index in [0.29, 0.717) is 6.54 Å². The van der Waals surface area contributed by atoms with E-state index < -0.39 is 15.0 Å². The number of rotatable bonds is 5. The molecule has 18 heavy (non-hydrogen) atoms. The predicted molar refractivity (Wildman–Crippen MR) is 63.8 cm³/mol. The molecule has 8 heteroatoms. The maximum atomic E-state index is 11.1. The average Bonchev–Trinajstić information content (AvgIpc) is 2.34. The third-order valence-electron chi connectivity index (χ3n) is 2.20. The molecule has 100 valence electrons. The van der Waals surface area contributed by atoms with Crippen LogP contribution in [-0.4, -0.2) is 38.7 Å². The molecule has 7 nitrogen and oxygen atoms in total. The van der Waals surface area contributed by atoms with Gasteiger partial charge in [0.25, 0.3) is 0 Å². The minimum atomic E-state index is -4.62. The predicted octanol–water partition coefficient (Wildman–Crippen LogP) is 1.55. The molecule has 0 amide bonds. The normalized spacial score (nSPS) is 11.8. The Bertz CT molecular complexity index is 542. The average molecular weight is 272 g/mol. The SMILES string of the molecule is CCN(C)N=Nc1ccc(OC)cc1S(=O)(=O)[O-]. The topological polar surface area (TPSA) is 94.4 Å². The molecule has 0 aliphatic rings. The lowest BCUT2D eigenvalue weighted by Gasteiger charge is -2.12. The molecule has 1 aromatic carbocycles. The minimum absolute atomic E-state index is 0.00824. The van der Waals surface area contributed by atoms with Crippen molar-refractivity contribution in [3.63, 3.8) is 0 Å². The number of nitrogens with zero attached hydrogens (tertiary/aromatic N) is 3. The number of hydrogen-bond acceptors (Lipinski definition) is 6. The van der Waals surface area contributed by atoms with Crippen LogP contribution in [0, 0.1) is 0 Å². The Morgan fingerprint density at radius 3 is 2.61 bits per heavy atom. The smallest absolute Gasteiger partial charge is 0.126 e. The molecule has 0 radical (unpaired) electrons. The summed E-state index contributed by atoms with van der Waals surface area (Å²) in [6, 6.07) is 4.01. The molecule has 0 aromatic heterocycles. The molecule has 0 N–H and O–H groups in total. The van der Waals surface area contributed by atoms with Gasteiger partial charge < -0.3 is 9.29 Å². The number of ether oxygens (including phenoxy) is 1. The Kier molecular flexibility index (Phi) is 4.62. The molecule has 0 fully saturated rings. The van der Waals surface area contributed by atoms with Gasteiger partial charge in [0.05, 0.1) is 12.0 Å². The summed E-state index contributed by atoms with van der Waals surface area (Å²) in [5, 5.41) is 9.00. The molecule has 1 rings (SSSR count). The van der Waals surface area contributed by atoms with Gasteiger partial charge in [-0.2, -0.15) is 0 Å². The van der Waals surface area contributed by atoms with Crippen molar-refractivity contribution in [1.29, 1.82) is 0 Å². The van der Waals surface area contributed by atoms with Crippen molar-refractivity contribution in [2.75, 3.05) is 20.7 Å². The van der Waals surface area contributed by atoms with E-state index >= 15 is 0 Å². The summed E-state index contributed by atoms with van der Waals surface area (Å²) < 4.78 is 38.2. The third-order valence-corrected chi connectivity index (χ3v) is 3.06. The minimum Gasteiger partial charge on any atom is -0.744 e. The van der Waals surface area contributed by atoms with E-state index in [9.17, 15) is 13.0 Å². The van der Waals surface area contributed by atoms with Gasteiger partial charge in [-0.25, -0.2) is 8.42 Å². The Balaban J connectivity index is 3.23. The monoisotopic (exact) mass is 272 g/mol. The maximum Gasteiger partial charge on any atom is 0.126 e. The highest BCUT2D eigenvalue weighted by Gasteiger charge is 2.10. The van der Waals surface area contributed by atoms with Crippen molar-refractivity contribution >= 4 is 15.8 Å². The molecule has 0 bridgehead atoms. The first-order chi connectivity index (χ1) is 8.38. The lowest BCUT2D eigenvalue weighted by Crippen LogP contribution is -2.08. The highest BCUT2D eigenvalue weighted by molar-refractivity contribution is 7.86. The van der Waals surface area contributed by atoms with E-state index in [1.54, 1.807) is 7.05 Å². The fourth-order valence-corrected chi connectivity index (χ4v) is 1.72. The van der Waals surface area contributed by atoms with Crippen LogP contribution in [0.25, 0.3) is 0 Å². The highest BCUT2D eigenvalue weighted by Crippen LogP contribution is 2.28. The summed E-state index contributed by atoms with van der Waals surface area (Å²) in [4.78, 5) is -0.449. The fraction of sp³-hybridized carbons (Fsp3) is 0.400. The summed E-state index contributed by atoms with van der Waals surface area (Å²) in [6.45, 7) is 2.47. The summed E-state index contributed by atoms with van der Waals surface area (Å²) in [7, 11) is -1.57. The summed E-state index contributed by atoms with van der Waals surface area (Å²) >= 11 is 0. The lowest BCUT2D eigenvalue weighted by molar-refractivity contribution is 0.350. The van der Waals surface area contributed by atoms with Crippen molar-refractivity contribution in [2.45, 2.75) is 11.8 Å². The van der Waals surface area contributed by atoms with Crippen LogP contribution in [-0.2, 0) is 10.1 Å². The van der Waals surface area contributed by atoms with Gasteiger partial charge in [-0.15, -0.1) is 5.11 Å². The van der Waals surface area contributed by atoms with Gasteiger partial charge in [0.1, 0.15) is 21.6 Å². The lowest BCUT2D eigenvalue weighted by atomic mass is 10.3. The van der Waals surface area contributed by atoms with Crippen LogP contribution in [0.5, 0.6) is 5.75 Å².